The highest BCUT2D eigenvalue weighted by Gasteiger charge is 2.15. The molecule has 1 unspecified atom stereocenters. The third-order valence-electron chi connectivity index (χ3n) is 4.12. The topological polar surface area (TPSA) is 64.1 Å². The van der Waals surface area contributed by atoms with Crippen molar-refractivity contribution in [2.75, 3.05) is 26.4 Å². The van der Waals surface area contributed by atoms with Crippen molar-refractivity contribution in [3.05, 3.63) is 23.8 Å². The Morgan fingerprint density at radius 3 is 2.63 bits per heavy atom. The van der Waals surface area contributed by atoms with Crippen molar-refractivity contribution < 1.29 is 14.2 Å². The van der Waals surface area contributed by atoms with Crippen molar-refractivity contribution in [2.24, 2.45) is 5.10 Å². The molecule has 2 rings (SSSR count). The van der Waals surface area contributed by atoms with Crippen LogP contribution < -0.4 is 20.2 Å². The predicted molar refractivity (Wildman–Crippen MR) is 113 cm³/mol. The molecule has 0 bridgehead atoms. The Hall–Kier alpha value is -1.86. The van der Waals surface area contributed by atoms with Crippen LogP contribution in [-0.4, -0.2) is 43.3 Å². The van der Waals surface area contributed by atoms with E-state index in [1.165, 1.54) is 0 Å². The number of nitrogens with one attached hydrogen (secondary N) is 2. The summed E-state index contributed by atoms with van der Waals surface area (Å²) in [4.78, 5) is 0. The number of hydrogen-bond donors (Lipinski definition) is 2. The molecule has 1 aromatic carbocycles. The molecule has 7 heteroatoms. The van der Waals surface area contributed by atoms with Gasteiger partial charge in [0.05, 0.1) is 25.0 Å². The molecule has 1 atom stereocenters. The van der Waals surface area contributed by atoms with Crippen LogP contribution in [0.5, 0.6) is 11.5 Å². The van der Waals surface area contributed by atoms with Crippen LogP contribution >= 0.6 is 12.2 Å². The minimum atomic E-state index is 0.240. The SMILES string of the molecule is CCCOc1ccc(C(C)=NNC(=S)NCC2CCCO2)cc1OCCC. The lowest BCUT2D eigenvalue weighted by molar-refractivity contribution is 0.114. The molecular weight excluding hydrogens is 362 g/mol. The molecule has 1 fully saturated rings. The molecule has 6 nitrogen and oxygen atoms in total. The number of hydrazone groups is 1. The van der Waals surface area contributed by atoms with Crippen molar-refractivity contribution >= 4 is 23.0 Å². The van der Waals surface area contributed by atoms with E-state index in [2.05, 4.69) is 29.7 Å². The van der Waals surface area contributed by atoms with E-state index in [9.17, 15) is 0 Å². The van der Waals surface area contributed by atoms with E-state index in [1.54, 1.807) is 0 Å². The maximum atomic E-state index is 5.84. The van der Waals surface area contributed by atoms with Crippen molar-refractivity contribution in [1.82, 2.24) is 10.7 Å². The Balaban J connectivity index is 1.95. The fourth-order valence-electron chi connectivity index (χ4n) is 2.64. The highest BCUT2D eigenvalue weighted by molar-refractivity contribution is 7.80. The first kappa shape index (κ1) is 21.4. The summed E-state index contributed by atoms with van der Waals surface area (Å²) in [5, 5.41) is 8.02. The summed E-state index contributed by atoms with van der Waals surface area (Å²) in [5.41, 5.74) is 4.67. The zero-order valence-electron chi connectivity index (χ0n) is 16.5. The lowest BCUT2D eigenvalue weighted by atomic mass is 10.1. The molecule has 2 N–H and O–H groups in total. The molecule has 0 amide bonds. The second-order valence-corrected chi connectivity index (χ2v) is 6.92. The number of ether oxygens (including phenoxy) is 3. The van der Waals surface area contributed by atoms with Gasteiger partial charge >= 0.3 is 0 Å². The maximum absolute atomic E-state index is 5.84. The lowest BCUT2D eigenvalue weighted by Crippen LogP contribution is -2.37. The average molecular weight is 394 g/mol. The van der Waals surface area contributed by atoms with Crippen LogP contribution in [0.3, 0.4) is 0 Å². The predicted octanol–water partition coefficient (Wildman–Crippen LogP) is 3.63. The van der Waals surface area contributed by atoms with Crippen LogP contribution in [0, 0.1) is 0 Å². The van der Waals surface area contributed by atoms with Crippen LogP contribution in [0.1, 0.15) is 52.0 Å². The van der Waals surface area contributed by atoms with Gasteiger partial charge in [-0.1, -0.05) is 13.8 Å². The average Bonchev–Trinajstić information content (AvgIpc) is 3.21. The van der Waals surface area contributed by atoms with Gasteiger partial charge in [0.2, 0.25) is 0 Å². The Labute approximate surface area is 167 Å². The van der Waals surface area contributed by atoms with Crippen LogP contribution in [0.25, 0.3) is 0 Å². The van der Waals surface area contributed by atoms with Gasteiger partial charge in [-0.05, 0) is 63.0 Å². The van der Waals surface area contributed by atoms with Gasteiger partial charge in [0.15, 0.2) is 16.6 Å². The molecule has 1 aliphatic heterocycles. The summed E-state index contributed by atoms with van der Waals surface area (Å²) in [6.07, 6.45) is 4.32. The van der Waals surface area contributed by atoms with Crippen molar-refractivity contribution in [2.45, 2.75) is 52.6 Å². The second-order valence-electron chi connectivity index (χ2n) is 6.51. The second kappa shape index (κ2) is 11.8. The van der Waals surface area contributed by atoms with Crippen molar-refractivity contribution in [3.8, 4) is 11.5 Å². The molecule has 1 aromatic rings. The zero-order chi connectivity index (χ0) is 19.5. The monoisotopic (exact) mass is 393 g/mol. The summed E-state index contributed by atoms with van der Waals surface area (Å²) in [6, 6.07) is 5.88. The first-order valence-corrected chi connectivity index (χ1v) is 10.1. The summed E-state index contributed by atoms with van der Waals surface area (Å²) in [5.74, 6) is 1.51. The Bertz CT molecular complexity index is 631. The Morgan fingerprint density at radius 2 is 1.96 bits per heavy atom. The minimum Gasteiger partial charge on any atom is -0.490 e. The number of thiocarbonyl (C=S) groups is 1. The Kier molecular flexibility index (Phi) is 9.35. The fourth-order valence-corrected chi connectivity index (χ4v) is 2.77. The van der Waals surface area contributed by atoms with E-state index in [-0.39, 0.29) is 6.10 Å². The van der Waals surface area contributed by atoms with Gasteiger partial charge < -0.3 is 19.5 Å². The van der Waals surface area contributed by atoms with E-state index >= 15 is 0 Å². The summed E-state index contributed by atoms with van der Waals surface area (Å²) in [6.45, 7) is 8.96. The molecule has 1 aliphatic rings. The van der Waals surface area contributed by atoms with E-state index in [0.29, 0.717) is 24.9 Å². The first-order valence-electron chi connectivity index (χ1n) is 9.73. The highest BCUT2D eigenvalue weighted by Crippen LogP contribution is 2.29. The van der Waals surface area contributed by atoms with Gasteiger partial charge in [-0.2, -0.15) is 5.10 Å². The number of benzene rings is 1. The summed E-state index contributed by atoms with van der Waals surface area (Å²) < 4.78 is 17.2. The van der Waals surface area contributed by atoms with Gasteiger partial charge in [0, 0.05) is 18.7 Å². The largest absolute Gasteiger partial charge is 0.490 e. The fraction of sp³-hybridized carbons (Fsp3) is 0.600. The van der Waals surface area contributed by atoms with Gasteiger partial charge in [0.25, 0.3) is 0 Å². The normalized spacial score (nSPS) is 16.9. The third-order valence-corrected chi connectivity index (χ3v) is 4.36. The van der Waals surface area contributed by atoms with Crippen LogP contribution in [0.4, 0.5) is 0 Å². The van der Waals surface area contributed by atoms with Crippen molar-refractivity contribution in [3.63, 3.8) is 0 Å². The third kappa shape index (κ3) is 7.34. The summed E-state index contributed by atoms with van der Waals surface area (Å²) in [7, 11) is 0. The van der Waals surface area contributed by atoms with Crippen LogP contribution in [-0.2, 0) is 4.74 Å². The molecule has 0 aromatic heterocycles. The summed E-state index contributed by atoms with van der Waals surface area (Å²) >= 11 is 5.28. The van der Waals surface area contributed by atoms with Gasteiger partial charge in [-0.25, -0.2) is 0 Å². The van der Waals surface area contributed by atoms with Gasteiger partial charge in [-0.3, -0.25) is 5.43 Å². The molecule has 0 radical (unpaired) electrons. The molecule has 27 heavy (non-hydrogen) atoms. The number of hydrogen-bond acceptors (Lipinski definition) is 5. The molecular formula is C20H31N3O3S. The van der Waals surface area contributed by atoms with Crippen molar-refractivity contribution in [1.29, 1.82) is 0 Å². The molecule has 0 spiro atoms. The first-order chi connectivity index (χ1) is 13.1. The molecule has 0 saturated carbocycles. The van der Waals surface area contributed by atoms with Gasteiger partial charge in [0.1, 0.15) is 0 Å². The molecule has 1 saturated heterocycles. The van der Waals surface area contributed by atoms with Crippen LogP contribution in [0.15, 0.2) is 23.3 Å². The van der Waals surface area contributed by atoms with Gasteiger partial charge in [-0.15, -0.1) is 0 Å². The minimum absolute atomic E-state index is 0.240. The lowest BCUT2D eigenvalue weighted by Gasteiger charge is -2.14. The molecule has 150 valence electrons. The van der Waals surface area contributed by atoms with E-state index in [4.69, 9.17) is 26.4 Å². The maximum Gasteiger partial charge on any atom is 0.187 e. The van der Waals surface area contributed by atoms with E-state index < -0.39 is 0 Å². The standard InChI is InChI=1S/C20H31N3O3S/c1-4-10-25-18-9-8-16(13-19(18)26-11-5-2)15(3)22-23-20(27)21-14-17-7-6-12-24-17/h8-9,13,17H,4-7,10-12,14H2,1-3H3,(H2,21,23,27). The van der Waals surface area contributed by atoms with E-state index in [1.807, 2.05) is 25.1 Å². The quantitative estimate of drug-likeness (QED) is 0.360. The smallest absolute Gasteiger partial charge is 0.187 e. The van der Waals surface area contributed by atoms with Crippen LogP contribution in [0.2, 0.25) is 0 Å². The zero-order valence-corrected chi connectivity index (χ0v) is 17.4. The molecule has 1 heterocycles. The number of rotatable bonds is 10. The van der Waals surface area contributed by atoms with E-state index in [0.717, 1.165) is 55.1 Å². The Morgan fingerprint density at radius 1 is 1.22 bits per heavy atom. The molecule has 0 aliphatic carbocycles. The highest BCUT2D eigenvalue weighted by atomic mass is 32.1. The number of nitrogens with zero attached hydrogens (tertiary/aromatic N) is 1.